The number of hydrogen-bond donors (Lipinski definition) is 2. The molecule has 1 fully saturated rings. The normalized spacial score (nSPS) is 19.1. The molecule has 0 unspecified atom stereocenters. The summed E-state index contributed by atoms with van der Waals surface area (Å²) in [6.45, 7) is 5.67. The Morgan fingerprint density at radius 2 is 2.02 bits per heavy atom. The van der Waals surface area contributed by atoms with Crippen LogP contribution in [-0.2, 0) is 9.59 Å². The number of amides is 1. The van der Waals surface area contributed by atoms with E-state index in [1.54, 1.807) is 7.11 Å². The monoisotopic (exact) mass is 547 g/mol. The van der Waals surface area contributed by atoms with E-state index in [0.29, 0.717) is 31.0 Å². The van der Waals surface area contributed by atoms with Gasteiger partial charge in [0, 0.05) is 36.6 Å². The molecular weight excluding hydrogens is 502 g/mol. The molecule has 0 spiro atoms. The number of carbonyl (C=O) groups excluding carboxylic acids is 2. The second-order valence-electron chi connectivity index (χ2n) is 11.8. The van der Waals surface area contributed by atoms with Crippen LogP contribution in [0, 0.1) is 11.3 Å². The van der Waals surface area contributed by atoms with Crippen LogP contribution in [0.5, 0.6) is 5.88 Å². The van der Waals surface area contributed by atoms with Gasteiger partial charge in [0.1, 0.15) is 11.6 Å². The number of imidazole rings is 1. The molecule has 1 aliphatic rings. The van der Waals surface area contributed by atoms with Crippen molar-refractivity contribution < 1.29 is 14.3 Å². The lowest BCUT2D eigenvalue weighted by Gasteiger charge is -2.18. The summed E-state index contributed by atoms with van der Waals surface area (Å²) in [7, 11) is 5.78. The number of ether oxygens (including phenoxy) is 1. The van der Waals surface area contributed by atoms with Crippen LogP contribution in [0.15, 0.2) is 36.5 Å². The van der Waals surface area contributed by atoms with Crippen molar-refractivity contribution in [3.8, 4) is 17.1 Å². The molecular formula is C32H45N5O3. The SMILES string of the molecule is CCC(=O)CCCCC[C@H](CNC(=O)[C@@H]1C[C@]1(C)CCN(C)C)c1ncc(-c2cc3ccccc3nc2OC)[nH]1. The van der Waals surface area contributed by atoms with Gasteiger partial charge in [-0.1, -0.05) is 44.9 Å². The Morgan fingerprint density at radius 1 is 1.23 bits per heavy atom. The number of carbonyl (C=O) groups is 2. The highest BCUT2D eigenvalue weighted by Crippen LogP contribution is 2.55. The van der Waals surface area contributed by atoms with Crippen molar-refractivity contribution in [3.63, 3.8) is 0 Å². The third kappa shape index (κ3) is 7.47. The standard InChI is InChI=1S/C32H45N5O3/c1-6-24(38)14-9-7-8-13-23(20-34-30(39)26-19-32(26,2)16-17-37(3)4)29-33-21-28(35-29)25-18-22-12-10-11-15-27(22)36-31(25)40-5/h10-12,15,18,21,23,26H,6-9,13-14,16-17,19-20H2,1-5H3,(H,33,35)(H,34,39)/t23-,26+,32+/m1/s1. The van der Waals surface area contributed by atoms with Crippen molar-refractivity contribution in [2.24, 2.45) is 11.3 Å². The van der Waals surface area contributed by atoms with E-state index in [1.807, 2.05) is 37.4 Å². The number of aromatic amines is 1. The van der Waals surface area contributed by atoms with E-state index >= 15 is 0 Å². The zero-order chi connectivity index (χ0) is 28.7. The Hall–Kier alpha value is -3.26. The quantitative estimate of drug-likeness (QED) is 0.222. The zero-order valence-electron chi connectivity index (χ0n) is 24.8. The first-order valence-electron chi connectivity index (χ1n) is 14.7. The number of aromatic nitrogens is 3. The fourth-order valence-electron chi connectivity index (χ4n) is 5.45. The summed E-state index contributed by atoms with van der Waals surface area (Å²) in [6, 6.07) is 10.0. The minimum atomic E-state index is 0.0470. The maximum absolute atomic E-state index is 13.1. The predicted octanol–water partition coefficient (Wildman–Crippen LogP) is 5.74. The number of fused-ring (bicyclic) bond motifs is 1. The molecule has 0 aliphatic heterocycles. The largest absolute Gasteiger partial charge is 0.480 e. The second-order valence-corrected chi connectivity index (χ2v) is 11.8. The lowest BCUT2D eigenvalue weighted by atomic mass is 9.98. The molecule has 1 saturated carbocycles. The molecule has 40 heavy (non-hydrogen) atoms. The second kappa shape index (κ2) is 13.4. The maximum atomic E-state index is 13.1. The van der Waals surface area contributed by atoms with Gasteiger partial charge in [0.05, 0.1) is 30.1 Å². The Labute approximate surface area is 238 Å². The van der Waals surface area contributed by atoms with E-state index in [-0.39, 0.29) is 23.2 Å². The first-order valence-corrected chi connectivity index (χ1v) is 14.7. The van der Waals surface area contributed by atoms with Gasteiger partial charge in [0.15, 0.2) is 0 Å². The minimum Gasteiger partial charge on any atom is -0.480 e. The summed E-state index contributed by atoms with van der Waals surface area (Å²) in [5.74, 6) is 1.98. The molecule has 0 bridgehead atoms. The molecule has 3 aromatic rings. The first kappa shape index (κ1) is 29.7. The number of unbranched alkanes of at least 4 members (excludes halogenated alkanes) is 2. The van der Waals surface area contributed by atoms with E-state index < -0.39 is 0 Å². The molecule has 1 amide bonds. The van der Waals surface area contributed by atoms with Crippen LogP contribution >= 0.6 is 0 Å². The molecule has 8 nitrogen and oxygen atoms in total. The number of H-pyrrole nitrogens is 1. The fourth-order valence-corrected chi connectivity index (χ4v) is 5.45. The number of Topliss-reactive ketones (excluding diaryl/α,β-unsaturated/α-hetero) is 1. The third-order valence-corrected chi connectivity index (χ3v) is 8.38. The summed E-state index contributed by atoms with van der Waals surface area (Å²) < 4.78 is 5.62. The Bertz CT molecular complexity index is 1300. The van der Waals surface area contributed by atoms with Crippen molar-refractivity contribution in [1.82, 2.24) is 25.2 Å². The van der Waals surface area contributed by atoms with Crippen LogP contribution in [0.4, 0.5) is 0 Å². The van der Waals surface area contributed by atoms with Gasteiger partial charge in [-0.15, -0.1) is 0 Å². The third-order valence-electron chi connectivity index (χ3n) is 8.38. The van der Waals surface area contributed by atoms with Crippen LogP contribution in [0.3, 0.4) is 0 Å². The molecule has 4 rings (SSSR count). The van der Waals surface area contributed by atoms with Crippen molar-refractivity contribution in [2.45, 2.75) is 71.1 Å². The summed E-state index contributed by atoms with van der Waals surface area (Å²) in [5.41, 5.74) is 2.67. The van der Waals surface area contributed by atoms with Crippen molar-refractivity contribution >= 4 is 22.6 Å². The highest BCUT2D eigenvalue weighted by Gasteiger charge is 2.53. The van der Waals surface area contributed by atoms with Crippen molar-refractivity contribution in [2.75, 3.05) is 34.3 Å². The number of para-hydroxylation sites is 1. The number of nitrogens with zero attached hydrogens (tertiary/aromatic N) is 3. The van der Waals surface area contributed by atoms with Crippen molar-refractivity contribution in [1.29, 1.82) is 0 Å². The van der Waals surface area contributed by atoms with Gasteiger partial charge in [-0.3, -0.25) is 9.59 Å². The van der Waals surface area contributed by atoms with Gasteiger partial charge in [0.25, 0.3) is 0 Å². The number of benzene rings is 1. The van der Waals surface area contributed by atoms with Crippen LogP contribution in [-0.4, -0.2) is 65.8 Å². The number of methoxy groups -OCH3 is 1. The highest BCUT2D eigenvalue weighted by atomic mass is 16.5. The van der Waals surface area contributed by atoms with Crippen LogP contribution in [0.2, 0.25) is 0 Å². The van der Waals surface area contributed by atoms with Crippen molar-refractivity contribution in [3.05, 3.63) is 42.4 Å². The molecule has 2 heterocycles. The highest BCUT2D eigenvalue weighted by molar-refractivity contribution is 5.85. The Balaban J connectivity index is 1.46. The molecule has 0 saturated heterocycles. The lowest BCUT2D eigenvalue weighted by molar-refractivity contribution is -0.123. The van der Waals surface area contributed by atoms with Gasteiger partial charge in [-0.25, -0.2) is 9.97 Å². The topological polar surface area (TPSA) is 100 Å². The number of hydrogen-bond acceptors (Lipinski definition) is 6. The average molecular weight is 548 g/mol. The zero-order valence-corrected chi connectivity index (χ0v) is 24.8. The van der Waals surface area contributed by atoms with E-state index in [2.05, 4.69) is 47.3 Å². The molecule has 3 atom stereocenters. The summed E-state index contributed by atoms with van der Waals surface area (Å²) >= 11 is 0. The fraction of sp³-hybridized carbons (Fsp3) is 0.562. The van der Waals surface area contributed by atoms with Gasteiger partial charge < -0.3 is 19.9 Å². The molecule has 2 aromatic heterocycles. The van der Waals surface area contributed by atoms with Crippen LogP contribution in [0.1, 0.15) is 77.0 Å². The molecule has 8 heteroatoms. The van der Waals surface area contributed by atoms with Crippen LogP contribution in [0.25, 0.3) is 22.2 Å². The molecule has 1 aromatic carbocycles. The lowest BCUT2D eigenvalue weighted by Crippen LogP contribution is -2.32. The number of pyridine rings is 1. The summed E-state index contributed by atoms with van der Waals surface area (Å²) in [4.78, 5) is 39.9. The minimum absolute atomic E-state index is 0.0470. The Morgan fingerprint density at radius 3 is 2.77 bits per heavy atom. The van der Waals surface area contributed by atoms with E-state index in [4.69, 9.17) is 9.72 Å². The van der Waals surface area contributed by atoms with Gasteiger partial charge >= 0.3 is 0 Å². The van der Waals surface area contributed by atoms with E-state index in [9.17, 15) is 9.59 Å². The first-order chi connectivity index (χ1) is 19.2. The Kier molecular flexibility index (Phi) is 9.95. The number of ketones is 1. The van der Waals surface area contributed by atoms with Gasteiger partial charge in [0.2, 0.25) is 11.8 Å². The van der Waals surface area contributed by atoms with Gasteiger partial charge in [-0.05, 0) is 63.9 Å². The molecule has 216 valence electrons. The molecule has 1 aliphatic carbocycles. The smallest absolute Gasteiger partial charge is 0.223 e. The van der Waals surface area contributed by atoms with Gasteiger partial charge in [-0.2, -0.15) is 0 Å². The number of nitrogens with one attached hydrogen (secondary N) is 2. The number of rotatable bonds is 16. The van der Waals surface area contributed by atoms with Crippen LogP contribution < -0.4 is 10.1 Å². The van der Waals surface area contributed by atoms with E-state index in [1.165, 1.54) is 0 Å². The molecule has 2 N–H and O–H groups in total. The summed E-state index contributed by atoms with van der Waals surface area (Å²) in [5, 5.41) is 4.28. The predicted molar refractivity (Wildman–Crippen MR) is 159 cm³/mol. The maximum Gasteiger partial charge on any atom is 0.223 e. The molecule has 0 radical (unpaired) electrons. The summed E-state index contributed by atoms with van der Waals surface area (Å²) in [6.07, 6.45) is 8.79. The van der Waals surface area contributed by atoms with E-state index in [0.717, 1.165) is 73.1 Å². The average Bonchev–Trinajstić information content (AvgIpc) is 3.40.